The molecule has 0 aliphatic rings. The highest BCUT2D eigenvalue weighted by atomic mass is 32.2. The number of rotatable bonds is 2. The lowest BCUT2D eigenvalue weighted by Gasteiger charge is -2.04. The Kier molecular flexibility index (Phi) is 2.60. The molecule has 0 unspecified atom stereocenters. The molecule has 0 aliphatic heterocycles. The Bertz CT molecular complexity index is 708. The van der Waals surface area contributed by atoms with E-state index in [0.717, 1.165) is 11.2 Å². The van der Waals surface area contributed by atoms with Gasteiger partial charge in [-0.3, -0.25) is 0 Å². The summed E-state index contributed by atoms with van der Waals surface area (Å²) in [6.07, 6.45) is 7.04. The third-order valence-corrected chi connectivity index (χ3v) is 3.08. The number of nitrogen functional groups attached to an aromatic ring is 1. The molecule has 0 amide bonds. The highest BCUT2D eigenvalue weighted by Crippen LogP contribution is 2.24. The van der Waals surface area contributed by atoms with Crippen molar-refractivity contribution in [3.05, 3.63) is 24.7 Å². The zero-order valence-corrected chi connectivity index (χ0v) is 10.4. The van der Waals surface area contributed by atoms with Crippen LogP contribution in [-0.4, -0.2) is 31.2 Å². The molecule has 0 atom stereocenters. The minimum absolute atomic E-state index is 0.415. The first kappa shape index (κ1) is 11.0. The Morgan fingerprint density at radius 2 is 2.11 bits per heavy atom. The number of H-pyrrole nitrogens is 1. The van der Waals surface area contributed by atoms with E-state index in [2.05, 4.69) is 24.9 Å². The summed E-state index contributed by atoms with van der Waals surface area (Å²) in [5, 5.41) is 0.645. The normalized spacial score (nSPS) is 10.9. The van der Waals surface area contributed by atoms with Crippen molar-refractivity contribution in [3.63, 3.8) is 0 Å². The number of hydrogen-bond acceptors (Lipinski definition) is 6. The number of thioether (sulfide) groups is 1. The zero-order valence-electron chi connectivity index (χ0n) is 9.58. The molecule has 0 aliphatic carbocycles. The Hall–Kier alpha value is -2.15. The summed E-state index contributed by atoms with van der Waals surface area (Å²) in [7, 11) is 0. The molecule has 0 fully saturated rings. The predicted octanol–water partition coefficient (Wildman–Crippen LogP) is 1.72. The minimum Gasteiger partial charge on any atom is -0.383 e. The number of aromatic nitrogens is 5. The van der Waals surface area contributed by atoms with E-state index < -0.39 is 0 Å². The van der Waals surface area contributed by atoms with Gasteiger partial charge in [0.05, 0.1) is 17.5 Å². The van der Waals surface area contributed by atoms with Crippen LogP contribution in [0.4, 0.5) is 5.82 Å². The Labute approximate surface area is 107 Å². The largest absolute Gasteiger partial charge is 0.383 e. The number of hydrogen-bond donors (Lipinski definition) is 2. The molecule has 0 saturated carbocycles. The second kappa shape index (κ2) is 4.26. The first-order chi connectivity index (χ1) is 8.78. The molecule has 7 heteroatoms. The molecule has 3 heterocycles. The van der Waals surface area contributed by atoms with Crippen LogP contribution in [0.2, 0.25) is 0 Å². The van der Waals surface area contributed by atoms with Crippen LogP contribution in [0, 0.1) is 0 Å². The third kappa shape index (κ3) is 1.78. The van der Waals surface area contributed by atoms with Gasteiger partial charge in [0, 0.05) is 12.4 Å². The van der Waals surface area contributed by atoms with Gasteiger partial charge in [0.2, 0.25) is 0 Å². The standard InChI is InChI=1S/C11H10N6S/c1-18-11-15-4-6(9(12)17-11)8-5-14-10-7(16-8)2-3-13-10/h2-5H,1H3,(H,13,14)(H2,12,15,17). The number of nitrogens with one attached hydrogen (secondary N) is 1. The van der Waals surface area contributed by atoms with Gasteiger partial charge in [0.25, 0.3) is 0 Å². The first-order valence-electron chi connectivity index (χ1n) is 5.25. The molecule has 0 bridgehead atoms. The van der Waals surface area contributed by atoms with Crippen molar-refractivity contribution in [1.82, 2.24) is 24.9 Å². The fourth-order valence-corrected chi connectivity index (χ4v) is 1.98. The van der Waals surface area contributed by atoms with Crippen LogP contribution in [0.1, 0.15) is 0 Å². The summed E-state index contributed by atoms with van der Waals surface area (Å²) >= 11 is 1.45. The van der Waals surface area contributed by atoms with E-state index in [-0.39, 0.29) is 0 Å². The van der Waals surface area contributed by atoms with E-state index >= 15 is 0 Å². The molecule has 0 spiro atoms. The zero-order chi connectivity index (χ0) is 12.5. The van der Waals surface area contributed by atoms with Crippen LogP contribution < -0.4 is 5.73 Å². The maximum atomic E-state index is 5.91. The predicted molar refractivity (Wildman–Crippen MR) is 71.1 cm³/mol. The average molecular weight is 258 g/mol. The van der Waals surface area contributed by atoms with Gasteiger partial charge in [-0.05, 0) is 12.3 Å². The maximum absolute atomic E-state index is 5.91. The third-order valence-electron chi connectivity index (χ3n) is 2.52. The smallest absolute Gasteiger partial charge is 0.189 e. The van der Waals surface area contributed by atoms with Gasteiger partial charge >= 0.3 is 0 Å². The molecule has 18 heavy (non-hydrogen) atoms. The molecule has 90 valence electrons. The van der Waals surface area contributed by atoms with E-state index in [4.69, 9.17) is 5.73 Å². The van der Waals surface area contributed by atoms with E-state index in [0.29, 0.717) is 22.2 Å². The second-order valence-electron chi connectivity index (χ2n) is 3.62. The first-order valence-corrected chi connectivity index (χ1v) is 6.47. The van der Waals surface area contributed by atoms with E-state index in [1.54, 1.807) is 18.6 Å². The van der Waals surface area contributed by atoms with Crippen molar-refractivity contribution in [3.8, 4) is 11.3 Å². The van der Waals surface area contributed by atoms with Crippen LogP contribution >= 0.6 is 11.8 Å². The number of fused-ring (bicyclic) bond motifs is 1. The number of aromatic amines is 1. The van der Waals surface area contributed by atoms with Gasteiger partial charge in [-0.15, -0.1) is 0 Å². The minimum atomic E-state index is 0.415. The summed E-state index contributed by atoms with van der Waals surface area (Å²) in [5.41, 5.74) is 8.82. The van der Waals surface area contributed by atoms with Crippen molar-refractivity contribution >= 4 is 28.7 Å². The summed E-state index contributed by atoms with van der Waals surface area (Å²) in [6, 6.07) is 1.86. The summed E-state index contributed by atoms with van der Waals surface area (Å²) < 4.78 is 0. The van der Waals surface area contributed by atoms with Gasteiger partial charge in [-0.25, -0.2) is 19.9 Å². The Morgan fingerprint density at radius 1 is 1.22 bits per heavy atom. The monoisotopic (exact) mass is 258 g/mol. The van der Waals surface area contributed by atoms with Crippen LogP contribution in [0.3, 0.4) is 0 Å². The number of anilines is 1. The molecule has 3 rings (SSSR count). The highest BCUT2D eigenvalue weighted by Gasteiger charge is 2.09. The molecule has 6 nitrogen and oxygen atoms in total. The fraction of sp³-hybridized carbons (Fsp3) is 0.0909. The van der Waals surface area contributed by atoms with Gasteiger partial charge in [0.1, 0.15) is 11.3 Å². The lowest BCUT2D eigenvalue weighted by atomic mass is 10.2. The fourth-order valence-electron chi connectivity index (χ4n) is 1.63. The Balaban J connectivity index is 2.13. The topological polar surface area (TPSA) is 93.4 Å². The van der Waals surface area contributed by atoms with E-state index in [9.17, 15) is 0 Å². The van der Waals surface area contributed by atoms with Crippen molar-refractivity contribution in [2.24, 2.45) is 0 Å². The maximum Gasteiger partial charge on any atom is 0.189 e. The van der Waals surface area contributed by atoms with Crippen LogP contribution in [-0.2, 0) is 0 Å². The van der Waals surface area contributed by atoms with Gasteiger partial charge in [0.15, 0.2) is 10.8 Å². The summed E-state index contributed by atoms with van der Waals surface area (Å²) in [5.74, 6) is 0.415. The number of nitrogens with two attached hydrogens (primary N) is 1. The molecule has 0 radical (unpaired) electrons. The SMILES string of the molecule is CSc1ncc(-c2cnc3[nH]ccc3n2)c(N)n1. The summed E-state index contributed by atoms with van der Waals surface area (Å²) in [6.45, 7) is 0. The van der Waals surface area contributed by atoms with Gasteiger partial charge < -0.3 is 10.7 Å². The van der Waals surface area contributed by atoms with Crippen LogP contribution in [0.25, 0.3) is 22.4 Å². The lowest BCUT2D eigenvalue weighted by Crippen LogP contribution is -1.99. The quantitative estimate of drug-likeness (QED) is 0.537. The van der Waals surface area contributed by atoms with Gasteiger partial charge in [-0.2, -0.15) is 0 Å². The van der Waals surface area contributed by atoms with Crippen LogP contribution in [0.15, 0.2) is 29.8 Å². The van der Waals surface area contributed by atoms with Crippen LogP contribution in [0.5, 0.6) is 0 Å². The molecule has 3 N–H and O–H groups in total. The summed E-state index contributed by atoms with van der Waals surface area (Å²) in [4.78, 5) is 20.1. The Morgan fingerprint density at radius 3 is 2.89 bits per heavy atom. The molecule has 3 aromatic heterocycles. The lowest BCUT2D eigenvalue weighted by molar-refractivity contribution is 0.979. The van der Waals surface area contributed by atoms with E-state index in [1.165, 1.54) is 11.8 Å². The van der Waals surface area contributed by atoms with Crippen molar-refractivity contribution in [1.29, 1.82) is 0 Å². The van der Waals surface area contributed by atoms with Crippen molar-refractivity contribution in [2.75, 3.05) is 12.0 Å². The molecular formula is C11H10N6S. The molecule has 3 aromatic rings. The molecule has 0 saturated heterocycles. The molecule has 0 aromatic carbocycles. The van der Waals surface area contributed by atoms with Crippen molar-refractivity contribution in [2.45, 2.75) is 5.16 Å². The molecular weight excluding hydrogens is 248 g/mol. The second-order valence-corrected chi connectivity index (χ2v) is 4.40. The number of nitrogens with zero attached hydrogens (tertiary/aromatic N) is 4. The highest BCUT2D eigenvalue weighted by molar-refractivity contribution is 7.98. The average Bonchev–Trinajstić information content (AvgIpc) is 2.85. The van der Waals surface area contributed by atoms with Crippen molar-refractivity contribution < 1.29 is 0 Å². The van der Waals surface area contributed by atoms with Gasteiger partial charge in [-0.1, -0.05) is 11.8 Å². The van der Waals surface area contributed by atoms with E-state index in [1.807, 2.05) is 12.3 Å².